The van der Waals surface area contributed by atoms with Crippen molar-refractivity contribution in [1.82, 2.24) is 10.2 Å². The Kier molecular flexibility index (Phi) is 5.74. The number of carbonyl (C=O) groups excluding carboxylic acids is 3. The van der Waals surface area contributed by atoms with Gasteiger partial charge in [-0.05, 0) is 29.8 Å². The maximum absolute atomic E-state index is 12.6. The Balaban J connectivity index is 1.85. The summed E-state index contributed by atoms with van der Waals surface area (Å²) in [6.45, 7) is -0.234. The average molecular weight is 436 g/mol. The van der Waals surface area contributed by atoms with Crippen molar-refractivity contribution >= 4 is 41.3 Å². The molecule has 1 aliphatic rings. The smallest absolute Gasteiger partial charge is 0.373 e. The number of nitro benzene ring substituents is 1. The van der Waals surface area contributed by atoms with Gasteiger partial charge < -0.3 is 19.2 Å². The van der Waals surface area contributed by atoms with Crippen molar-refractivity contribution in [3.63, 3.8) is 0 Å². The lowest BCUT2D eigenvalue weighted by molar-refractivity contribution is -0.385. The third-order valence-electron chi connectivity index (χ3n) is 4.08. The average Bonchev–Trinajstić information content (AvgIpc) is 3.27. The SMILES string of the molecule is COC(=O)c1ccc(CN2C(=O)N/C(=C\c3cc(Cl)c(OC)c([N+](=O)[O-])c3)C2=O)o1. The zero-order valence-corrected chi connectivity index (χ0v) is 16.4. The second-order valence-electron chi connectivity index (χ2n) is 5.95. The van der Waals surface area contributed by atoms with Gasteiger partial charge in [-0.25, -0.2) is 9.59 Å². The summed E-state index contributed by atoms with van der Waals surface area (Å²) in [4.78, 5) is 47.6. The van der Waals surface area contributed by atoms with Gasteiger partial charge in [0.2, 0.25) is 11.5 Å². The lowest BCUT2D eigenvalue weighted by atomic mass is 10.1. The molecule has 1 aromatic carbocycles. The predicted molar refractivity (Wildman–Crippen MR) is 102 cm³/mol. The van der Waals surface area contributed by atoms with E-state index in [1.54, 1.807) is 0 Å². The molecule has 0 aliphatic carbocycles. The number of furan rings is 1. The molecule has 156 valence electrons. The first-order valence-electron chi connectivity index (χ1n) is 8.28. The first-order chi connectivity index (χ1) is 14.2. The molecular formula is C18H14ClN3O8. The number of urea groups is 1. The first-order valence-corrected chi connectivity index (χ1v) is 8.66. The molecule has 3 amide bonds. The number of hydrogen-bond donors (Lipinski definition) is 1. The van der Waals surface area contributed by atoms with Gasteiger partial charge in [-0.2, -0.15) is 0 Å². The monoisotopic (exact) mass is 435 g/mol. The van der Waals surface area contributed by atoms with E-state index in [4.69, 9.17) is 20.8 Å². The predicted octanol–water partition coefficient (Wildman–Crippen LogP) is 2.73. The first kappa shape index (κ1) is 20.9. The fraction of sp³-hybridized carbons (Fsp3) is 0.167. The van der Waals surface area contributed by atoms with E-state index in [9.17, 15) is 24.5 Å². The lowest BCUT2D eigenvalue weighted by Crippen LogP contribution is -2.30. The molecule has 30 heavy (non-hydrogen) atoms. The van der Waals surface area contributed by atoms with Crippen molar-refractivity contribution < 1.29 is 33.2 Å². The minimum Gasteiger partial charge on any atom is -0.489 e. The van der Waals surface area contributed by atoms with Gasteiger partial charge in [0.15, 0.2) is 0 Å². The van der Waals surface area contributed by atoms with Crippen molar-refractivity contribution in [2.45, 2.75) is 6.54 Å². The normalized spacial score (nSPS) is 14.8. The Bertz CT molecular complexity index is 1090. The topological polar surface area (TPSA) is 141 Å². The standard InChI is InChI=1S/C18H14ClN3O8/c1-28-15-11(19)5-9(7-13(15)22(26)27)6-12-16(23)21(18(25)20-12)8-10-3-4-14(30-10)17(24)29-2/h3-7H,8H2,1-2H3,(H,20,25)/b12-6-. The van der Waals surface area contributed by atoms with Gasteiger partial charge in [0.1, 0.15) is 11.5 Å². The quantitative estimate of drug-likeness (QED) is 0.240. The summed E-state index contributed by atoms with van der Waals surface area (Å²) >= 11 is 6.01. The van der Waals surface area contributed by atoms with Crippen LogP contribution in [0.25, 0.3) is 6.08 Å². The second kappa shape index (κ2) is 8.25. The van der Waals surface area contributed by atoms with Crippen LogP contribution >= 0.6 is 11.6 Å². The van der Waals surface area contributed by atoms with Crippen LogP contribution in [0, 0.1) is 10.1 Å². The number of imide groups is 1. The van der Waals surface area contributed by atoms with Gasteiger partial charge in [0.05, 0.1) is 30.7 Å². The fourth-order valence-corrected chi connectivity index (χ4v) is 3.03. The van der Waals surface area contributed by atoms with Crippen molar-refractivity contribution in [3.8, 4) is 5.75 Å². The highest BCUT2D eigenvalue weighted by molar-refractivity contribution is 6.32. The number of nitro groups is 1. The van der Waals surface area contributed by atoms with Crippen molar-refractivity contribution in [2.24, 2.45) is 0 Å². The lowest BCUT2D eigenvalue weighted by Gasteiger charge is -2.09. The second-order valence-corrected chi connectivity index (χ2v) is 6.36. The molecule has 1 aliphatic heterocycles. The van der Waals surface area contributed by atoms with Crippen LogP contribution < -0.4 is 10.1 Å². The molecule has 1 aromatic heterocycles. The number of nitrogens with one attached hydrogen (secondary N) is 1. The Morgan fingerprint density at radius 2 is 2.07 bits per heavy atom. The zero-order valence-electron chi connectivity index (χ0n) is 15.6. The van der Waals surface area contributed by atoms with E-state index in [0.717, 1.165) is 11.0 Å². The van der Waals surface area contributed by atoms with E-state index >= 15 is 0 Å². The maximum atomic E-state index is 12.6. The minimum atomic E-state index is -0.726. The molecule has 2 heterocycles. The van der Waals surface area contributed by atoms with Crippen LogP contribution in [0.5, 0.6) is 5.75 Å². The van der Waals surface area contributed by atoms with Crippen molar-refractivity contribution in [2.75, 3.05) is 14.2 Å². The van der Waals surface area contributed by atoms with Gasteiger partial charge >= 0.3 is 17.7 Å². The Hall–Kier alpha value is -3.86. The number of amides is 3. The van der Waals surface area contributed by atoms with Crippen LogP contribution in [0.15, 0.2) is 34.4 Å². The van der Waals surface area contributed by atoms with Crippen molar-refractivity contribution in [3.05, 3.63) is 62.2 Å². The van der Waals surface area contributed by atoms with E-state index in [1.165, 1.54) is 38.5 Å². The number of methoxy groups -OCH3 is 2. The number of hydrogen-bond acceptors (Lipinski definition) is 8. The van der Waals surface area contributed by atoms with Gasteiger partial charge in [0, 0.05) is 6.07 Å². The van der Waals surface area contributed by atoms with Gasteiger partial charge in [-0.3, -0.25) is 19.8 Å². The summed E-state index contributed by atoms with van der Waals surface area (Å²) < 4.78 is 14.7. The van der Waals surface area contributed by atoms with E-state index in [0.29, 0.717) is 0 Å². The van der Waals surface area contributed by atoms with Gasteiger partial charge in [0.25, 0.3) is 5.91 Å². The van der Waals surface area contributed by atoms with Crippen LogP contribution in [0.1, 0.15) is 21.9 Å². The number of nitrogens with zero attached hydrogens (tertiary/aromatic N) is 2. The molecule has 2 aromatic rings. The molecule has 0 unspecified atom stereocenters. The van der Waals surface area contributed by atoms with E-state index < -0.39 is 28.5 Å². The molecule has 1 saturated heterocycles. The summed E-state index contributed by atoms with van der Waals surface area (Å²) in [7, 11) is 2.43. The minimum absolute atomic E-state index is 0.0295. The maximum Gasteiger partial charge on any atom is 0.373 e. The number of carbonyl (C=O) groups is 3. The third-order valence-corrected chi connectivity index (χ3v) is 4.36. The van der Waals surface area contributed by atoms with E-state index in [-0.39, 0.29) is 40.1 Å². The summed E-state index contributed by atoms with van der Waals surface area (Å²) in [5, 5.41) is 13.6. The number of halogens is 1. The van der Waals surface area contributed by atoms with E-state index in [2.05, 4.69) is 10.1 Å². The van der Waals surface area contributed by atoms with Crippen LogP contribution in [0.2, 0.25) is 5.02 Å². The molecule has 3 rings (SSSR count). The number of ether oxygens (including phenoxy) is 2. The summed E-state index contributed by atoms with van der Waals surface area (Å²) in [5.74, 6) is -1.40. The highest BCUT2D eigenvalue weighted by Crippen LogP contribution is 2.36. The summed E-state index contributed by atoms with van der Waals surface area (Å²) in [6, 6.07) is 4.58. The third kappa shape index (κ3) is 3.96. The molecule has 0 atom stereocenters. The molecule has 11 nitrogen and oxygen atoms in total. The molecule has 12 heteroatoms. The summed E-state index contributed by atoms with van der Waals surface area (Å²) in [5.41, 5.74) is -0.296. The molecule has 1 N–H and O–H groups in total. The van der Waals surface area contributed by atoms with Gasteiger partial charge in [-0.15, -0.1) is 0 Å². The zero-order chi connectivity index (χ0) is 22.0. The van der Waals surface area contributed by atoms with Crippen molar-refractivity contribution in [1.29, 1.82) is 0 Å². The fourth-order valence-electron chi connectivity index (χ4n) is 2.73. The molecule has 0 spiro atoms. The van der Waals surface area contributed by atoms with E-state index in [1.807, 2.05) is 0 Å². The molecule has 0 saturated carbocycles. The highest BCUT2D eigenvalue weighted by Gasteiger charge is 2.34. The summed E-state index contributed by atoms with van der Waals surface area (Å²) in [6.07, 6.45) is 1.25. The Labute approximate surface area is 173 Å². The van der Waals surface area contributed by atoms with Crippen LogP contribution in [-0.4, -0.2) is 42.0 Å². The Morgan fingerprint density at radius 3 is 2.70 bits per heavy atom. The molecule has 0 bridgehead atoms. The highest BCUT2D eigenvalue weighted by atomic mass is 35.5. The van der Waals surface area contributed by atoms with Crippen LogP contribution in [0.4, 0.5) is 10.5 Å². The molecule has 1 fully saturated rings. The molecular weight excluding hydrogens is 422 g/mol. The van der Waals surface area contributed by atoms with Crippen LogP contribution in [-0.2, 0) is 16.1 Å². The molecule has 0 radical (unpaired) electrons. The number of rotatable bonds is 6. The van der Waals surface area contributed by atoms with Gasteiger partial charge in [-0.1, -0.05) is 11.6 Å². The largest absolute Gasteiger partial charge is 0.489 e. The number of esters is 1. The number of benzene rings is 1. The Morgan fingerprint density at radius 1 is 1.33 bits per heavy atom. The van der Waals surface area contributed by atoms with Crippen LogP contribution in [0.3, 0.4) is 0 Å².